The van der Waals surface area contributed by atoms with Gasteiger partial charge in [-0.05, 0) is 13.8 Å². The molecule has 0 spiro atoms. The number of amides is 1. The monoisotopic (exact) mass is 286 g/mol. The molecule has 1 amide bonds. The highest BCUT2D eigenvalue weighted by molar-refractivity contribution is 5.96. The molecule has 114 valence electrons. The second kappa shape index (κ2) is 8.52. The van der Waals surface area contributed by atoms with Crippen LogP contribution in [0.15, 0.2) is 0 Å². The largest absolute Gasteiger partial charge is 0.466 e. The minimum Gasteiger partial charge on any atom is -0.466 e. The van der Waals surface area contributed by atoms with Crippen LogP contribution in [0.5, 0.6) is 0 Å². The van der Waals surface area contributed by atoms with Gasteiger partial charge in [0, 0.05) is 26.2 Å². The second-order valence-corrected chi connectivity index (χ2v) is 4.48. The van der Waals surface area contributed by atoms with Gasteiger partial charge in [0.25, 0.3) is 0 Å². The van der Waals surface area contributed by atoms with Crippen molar-refractivity contribution in [3.63, 3.8) is 0 Å². The standard InChI is InChI=1S/C13H22N2O5/c1-3-19-12(17)9-11(16)10-14-5-7-15(8-6-14)13(18)20-4-2/h3-10H2,1-2H3. The first kappa shape index (κ1) is 16.4. The van der Waals surface area contributed by atoms with Gasteiger partial charge in [0.15, 0.2) is 5.78 Å². The molecule has 1 heterocycles. The van der Waals surface area contributed by atoms with Gasteiger partial charge in [0.05, 0.1) is 19.8 Å². The number of piperazine rings is 1. The number of ketones is 1. The minimum atomic E-state index is -0.484. The summed E-state index contributed by atoms with van der Waals surface area (Å²) in [6.45, 7) is 6.61. The molecule has 0 aromatic carbocycles. The number of hydrogen-bond donors (Lipinski definition) is 0. The molecule has 0 radical (unpaired) electrons. The maximum atomic E-state index is 11.7. The van der Waals surface area contributed by atoms with Crippen molar-refractivity contribution in [1.29, 1.82) is 0 Å². The Hall–Kier alpha value is -1.63. The van der Waals surface area contributed by atoms with Crippen molar-refractivity contribution in [2.24, 2.45) is 0 Å². The molecule has 0 unspecified atom stereocenters. The van der Waals surface area contributed by atoms with Gasteiger partial charge in [-0.3, -0.25) is 14.5 Å². The normalized spacial score (nSPS) is 15.8. The summed E-state index contributed by atoms with van der Waals surface area (Å²) in [5, 5.41) is 0. The third-order valence-electron chi connectivity index (χ3n) is 2.95. The summed E-state index contributed by atoms with van der Waals surface area (Å²) in [5.41, 5.74) is 0. The molecule has 7 heteroatoms. The summed E-state index contributed by atoms with van der Waals surface area (Å²) in [6, 6.07) is 0. The molecule has 1 rings (SSSR count). The summed E-state index contributed by atoms with van der Waals surface area (Å²) in [5.74, 6) is -0.643. The van der Waals surface area contributed by atoms with Crippen molar-refractivity contribution >= 4 is 17.8 Å². The molecule has 1 aliphatic heterocycles. The molecule has 7 nitrogen and oxygen atoms in total. The Morgan fingerprint density at radius 1 is 0.950 bits per heavy atom. The maximum absolute atomic E-state index is 11.7. The Morgan fingerprint density at radius 3 is 2.10 bits per heavy atom. The molecule has 0 atom stereocenters. The molecule has 0 aromatic heterocycles. The number of esters is 1. The van der Waals surface area contributed by atoms with E-state index in [9.17, 15) is 14.4 Å². The van der Waals surface area contributed by atoms with Gasteiger partial charge >= 0.3 is 12.1 Å². The third-order valence-corrected chi connectivity index (χ3v) is 2.95. The van der Waals surface area contributed by atoms with E-state index >= 15 is 0 Å². The first-order valence-corrected chi connectivity index (χ1v) is 6.88. The average Bonchev–Trinajstić information content (AvgIpc) is 2.39. The molecule has 0 bridgehead atoms. The Morgan fingerprint density at radius 2 is 1.55 bits per heavy atom. The molecule has 1 aliphatic rings. The Labute approximate surface area is 118 Å². The Balaban J connectivity index is 2.26. The molecule has 0 aliphatic carbocycles. The van der Waals surface area contributed by atoms with E-state index in [-0.39, 0.29) is 31.4 Å². The van der Waals surface area contributed by atoms with E-state index in [4.69, 9.17) is 9.47 Å². The van der Waals surface area contributed by atoms with Crippen LogP contribution in [-0.2, 0) is 19.1 Å². The van der Waals surface area contributed by atoms with Gasteiger partial charge in [-0.1, -0.05) is 0 Å². The summed E-state index contributed by atoms with van der Waals surface area (Å²) in [7, 11) is 0. The second-order valence-electron chi connectivity index (χ2n) is 4.48. The zero-order valence-corrected chi connectivity index (χ0v) is 12.1. The van der Waals surface area contributed by atoms with E-state index in [1.54, 1.807) is 18.7 Å². The van der Waals surface area contributed by atoms with Crippen LogP contribution in [0.25, 0.3) is 0 Å². The van der Waals surface area contributed by atoms with Gasteiger partial charge < -0.3 is 14.4 Å². The van der Waals surface area contributed by atoms with Crippen molar-refractivity contribution in [1.82, 2.24) is 9.80 Å². The molecular weight excluding hydrogens is 264 g/mol. The topological polar surface area (TPSA) is 76.2 Å². The first-order valence-electron chi connectivity index (χ1n) is 6.88. The lowest BCUT2D eigenvalue weighted by molar-refractivity contribution is -0.145. The minimum absolute atomic E-state index is 0.159. The van der Waals surface area contributed by atoms with E-state index in [1.807, 2.05) is 4.90 Å². The fourth-order valence-corrected chi connectivity index (χ4v) is 1.98. The average molecular weight is 286 g/mol. The highest BCUT2D eigenvalue weighted by atomic mass is 16.6. The smallest absolute Gasteiger partial charge is 0.409 e. The van der Waals surface area contributed by atoms with Crippen molar-refractivity contribution in [2.75, 3.05) is 45.9 Å². The van der Waals surface area contributed by atoms with Crippen LogP contribution < -0.4 is 0 Å². The van der Waals surface area contributed by atoms with Crippen molar-refractivity contribution in [3.05, 3.63) is 0 Å². The fourth-order valence-electron chi connectivity index (χ4n) is 1.98. The molecule has 1 fully saturated rings. The van der Waals surface area contributed by atoms with Crippen molar-refractivity contribution < 1.29 is 23.9 Å². The summed E-state index contributed by atoms with van der Waals surface area (Å²) in [4.78, 5) is 37.9. The van der Waals surface area contributed by atoms with E-state index in [0.717, 1.165) is 0 Å². The predicted octanol–water partition coefficient (Wildman–Crippen LogP) is 0.283. The van der Waals surface area contributed by atoms with E-state index in [2.05, 4.69) is 0 Å². The van der Waals surface area contributed by atoms with E-state index in [1.165, 1.54) is 0 Å². The molecular formula is C13H22N2O5. The van der Waals surface area contributed by atoms with Gasteiger partial charge in [0.2, 0.25) is 0 Å². The van der Waals surface area contributed by atoms with Gasteiger partial charge in [-0.25, -0.2) is 4.79 Å². The SMILES string of the molecule is CCOC(=O)CC(=O)CN1CCN(C(=O)OCC)CC1. The van der Waals surface area contributed by atoms with Crippen LogP contribution >= 0.6 is 0 Å². The van der Waals surface area contributed by atoms with Crippen molar-refractivity contribution in [2.45, 2.75) is 20.3 Å². The van der Waals surface area contributed by atoms with Gasteiger partial charge in [-0.15, -0.1) is 0 Å². The lowest BCUT2D eigenvalue weighted by atomic mass is 10.2. The van der Waals surface area contributed by atoms with Crippen LogP contribution in [0.3, 0.4) is 0 Å². The number of Topliss-reactive ketones (excluding diaryl/α,β-unsaturated/α-hetero) is 1. The number of rotatable bonds is 6. The number of nitrogens with zero attached hydrogens (tertiary/aromatic N) is 2. The number of carbonyl (C=O) groups excluding carboxylic acids is 3. The van der Waals surface area contributed by atoms with Crippen LogP contribution in [0, 0.1) is 0 Å². The Bertz CT molecular complexity index is 351. The number of hydrogen-bond acceptors (Lipinski definition) is 6. The van der Waals surface area contributed by atoms with E-state index < -0.39 is 5.97 Å². The highest BCUT2D eigenvalue weighted by Gasteiger charge is 2.23. The summed E-state index contributed by atoms with van der Waals surface area (Å²) >= 11 is 0. The number of ether oxygens (including phenoxy) is 2. The Kier molecular flexibility index (Phi) is 7.00. The fraction of sp³-hybridized carbons (Fsp3) is 0.769. The van der Waals surface area contributed by atoms with Gasteiger partial charge in [0.1, 0.15) is 6.42 Å². The lowest BCUT2D eigenvalue weighted by Crippen LogP contribution is -2.50. The number of carbonyl (C=O) groups is 3. The quantitative estimate of drug-likeness (QED) is 0.516. The van der Waals surface area contributed by atoms with Crippen LogP contribution in [-0.4, -0.2) is 73.6 Å². The zero-order chi connectivity index (χ0) is 15.0. The maximum Gasteiger partial charge on any atom is 0.409 e. The molecule has 20 heavy (non-hydrogen) atoms. The van der Waals surface area contributed by atoms with E-state index in [0.29, 0.717) is 32.8 Å². The molecule has 0 saturated carbocycles. The lowest BCUT2D eigenvalue weighted by Gasteiger charge is -2.33. The first-order chi connectivity index (χ1) is 9.56. The molecule has 1 saturated heterocycles. The highest BCUT2D eigenvalue weighted by Crippen LogP contribution is 2.04. The van der Waals surface area contributed by atoms with Crippen LogP contribution in [0.1, 0.15) is 20.3 Å². The van der Waals surface area contributed by atoms with Crippen LogP contribution in [0.2, 0.25) is 0 Å². The molecule has 0 N–H and O–H groups in total. The van der Waals surface area contributed by atoms with Crippen LogP contribution in [0.4, 0.5) is 4.79 Å². The predicted molar refractivity (Wildman–Crippen MR) is 71.3 cm³/mol. The summed E-state index contributed by atoms with van der Waals surface area (Å²) < 4.78 is 9.65. The third kappa shape index (κ3) is 5.56. The van der Waals surface area contributed by atoms with Crippen molar-refractivity contribution in [3.8, 4) is 0 Å². The summed E-state index contributed by atoms with van der Waals surface area (Å²) in [6.07, 6.45) is -0.503. The molecule has 0 aromatic rings. The van der Waals surface area contributed by atoms with Gasteiger partial charge in [-0.2, -0.15) is 0 Å². The zero-order valence-electron chi connectivity index (χ0n) is 12.1.